The number of pyridine rings is 1. The number of hydrogen-bond donors (Lipinski definition) is 0. The average molecular weight is 166 g/mol. The van der Waals surface area contributed by atoms with Crippen molar-refractivity contribution in [2.45, 2.75) is 0 Å². The van der Waals surface area contributed by atoms with Gasteiger partial charge in [-0.2, -0.15) is 0 Å². The van der Waals surface area contributed by atoms with Gasteiger partial charge in [0.05, 0.1) is 0 Å². The third-order valence-electron chi connectivity index (χ3n) is 1.22. The van der Waals surface area contributed by atoms with Gasteiger partial charge in [0.25, 0.3) is 12.3 Å². The summed E-state index contributed by atoms with van der Waals surface area (Å²) < 4.78 is 0. The van der Waals surface area contributed by atoms with Crippen LogP contribution < -0.4 is 0 Å². The van der Waals surface area contributed by atoms with E-state index in [0.717, 1.165) is 0 Å². The van der Waals surface area contributed by atoms with Crippen LogP contribution in [0.2, 0.25) is 0 Å². The van der Waals surface area contributed by atoms with Gasteiger partial charge in [-0.1, -0.05) is 6.07 Å². The molecule has 0 saturated heterocycles. The van der Waals surface area contributed by atoms with Gasteiger partial charge in [-0.05, 0) is 12.1 Å². The van der Waals surface area contributed by atoms with E-state index in [1.807, 2.05) is 0 Å². The number of carbonyl (C=O) groups is 1. The van der Waals surface area contributed by atoms with Crippen LogP contribution in [0.3, 0.4) is 0 Å². The first-order chi connectivity index (χ1) is 5.70. The second kappa shape index (κ2) is 3.56. The van der Waals surface area contributed by atoms with Gasteiger partial charge in [0.1, 0.15) is 5.69 Å². The number of ketones is 1. The van der Waals surface area contributed by atoms with Gasteiger partial charge in [-0.3, -0.25) is 19.9 Å². The third kappa shape index (κ3) is 2.12. The lowest BCUT2D eigenvalue weighted by Crippen LogP contribution is -2.14. The van der Waals surface area contributed by atoms with Gasteiger partial charge in [0, 0.05) is 11.1 Å². The zero-order chi connectivity index (χ0) is 8.97. The Hall–Kier alpha value is -1.78. The van der Waals surface area contributed by atoms with Crippen molar-refractivity contribution >= 4 is 5.78 Å². The fourth-order valence-electron chi connectivity index (χ4n) is 0.726. The SMILES string of the molecule is O=C(C[N+](=O)[O-])c1ccccn1. The minimum Gasteiger partial charge on any atom is -0.285 e. The number of rotatable bonds is 3. The Morgan fingerprint density at radius 2 is 2.33 bits per heavy atom. The van der Waals surface area contributed by atoms with Crippen LogP contribution in [-0.4, -0.2) is 22.2 Å². The van der Waals surface area contributed by atoms with E-state index >= 15 is 0 Å². The van der Waals surface area contributed by atoms with Crippen LogP contribution in [0.5, 0.6) is 0 Å². The summed E-state index contributed by atoms with van der Waals surface area (Å²) in [6.45, 7) is -0.697. The molecule has 0 saturated carbocycles. The lowest BCUT2D eigenvalue weighted by Gasteiger charge is -1.92. The average Bonchev–Trinajstić information content (AvgIpc) is 2.05. The molecule has 1 aromatic rings. The topological polar surface area (TPSA) is 73.1 Å². The fraction of sp³-hybridized carbons (Fsp3) is 0.143. The Labute approximate surface area is 68.2 Å². The van der Waals surface area contributed by atoms with E-state index in [0.29, 0.717) is 0 Å². The molecule has 1 rings (SSSR count). The van der Waals surface area contributed by atoms with Crippen LogP contribution in [0, 0.1) is 10.1 Å². The molecule has 0 bridgehead atoms. The van der Waals surface area contributed by atoms with Crippen molar-refractivity contribution in [3.8, 4) is 0 Å². The Balaban J connectivity index is 2.73. The van der Waals surface area contributed by atoms with Gasteiger partial charge in [0.15, 0.2) is 0 Å². The van der Waals surface area contributed by atoms with Gasteiger partial charge in [-0.15, -0.1) is 0 Å². The maximum absolute atomic E-state index is 11.0. The van der Waals surface area contributed by atoms with Crippen molar-refractivity contribution in [2.75, 3.05) is 6.54 Å². The molecule has 1 heterocycles. The quantitative estimate of drug-likeness (QED) is 0.373. The molecule has 5 heteroatoms. The number of aromatic nitrogens is 1. The van der Waals surface area contributed by atoms with Crippen molar-refractivity contribution in [3.63, 3.8) is 0 Å². The smallest absolute Gasteiger partial charge is 0.267 e. The summed E-state index contributed by atoms with van der Waals surface area (Å²) in [5, 5.41) is 9.94. The number of nitro groups is 1. The van der Waals surface area contributed by atoms with E-state index in [1.54, 1.807) is 12.1 Å². The fourth-order valence-corrected chi connectivity index (χ4v) is 0.726. The predicted molar refractivity (Wildman–Crippen MR) is 40.4 cm³/mol. The molecule has 12 heavy (non-hydrogen) atoms. The third-order valence-corrected chi connectivity index (χ3v) is 1.22. The molecule has 0 N–H and O–H groups in total. The molecule has 0 amide bonds. The lowest BCUT2D eigenvalue weighted by atomic mass is 10.2. The van der Waals surface area contributed by atoms with Gasteiger partial charge in [0.2, 0.25) is 0 Å². The molecule has 5 nitrogen and oxygen atoms in total. The highest BCUT2D eigenvalue weighted by Crippen LogP contribution is 1.94. The Kier molecular flexibility index (Phi) is 2.47. The van der Waals surface area contributed by atoms with E-state index < -0.39 is 17.3 Å². The van der Waals surface area contributed by atoms with Crippen molar-refractivity contribution < 1.29 is 9.72 Å². The normalized spacial score (nSPS) is 9.33. The summed E-state index contributed by atoms with van der Waals surface area (Å²) in [7, 11) is 0. The van der Waals surface area contributed by atoms with Crippen LogP contribution in [0.4, 0.5) is 0 Å². The zero-order valence-electron chi connectivity index (χ0n) is 6.14. The van der Waals surface area contributed by atoms with E-state index in [1.165, 1.54) is 12.3 Å². The van der Waals surface area contributed by atoms with E-state index in [2.05, 4.69) is 4.98 Å². The summed E-state index contributed by atoms with van der Waals surface area (Å²) in [6, 6.07) is 4.70. The lowest BCUT2D eigenvalue weighted by molar-refractivity contribution is -0.465. The molecule has 0 aromatic carbocycles. The molecule has 1 aromatic heterocycles. The number of hydrogen-bond acceptors (Lipinski definition) is 4. The Bertz CT molecular complexity index is 297. The molecular formula is C7H6N2O3. The standard InChI is InChI=1S/C7H6N2O3/c10-7(5-9(11)12)6-3-1-2-4-8-6/h1-4H,5H2. The Morgan fingerprint density at radius 3 is 2.83 bits per heavy atom. The van der Waals surface area contributed by atoms with Gasteiger partial charge < -0.3 is 0 Å². The first kappa shape index (κ1) is 8.32. The van der Waals surface area contributed by atoms with Gasteiger partial charge in [-0.25, -0.2) is 0 Å². The molecule has 0 fully saturated rings. The van der Waals surface area contributed by atoms with Crippen molar-refractivity contribution in [2.24, 2.45) is 0 Å². The van der Waals surface area contributed by atoms with Crippen molar-refractivity contribution in [3.05, 3.63) is 40.2 Å². The monoisotopic (exact) mass is 166 g/mol. The second-order valence-corrected chi connectivity index (χ2v) is 2.13. The van der Waals surface area contributed by atoms with Crippen LogP contribution in [0.1, 0.15) is 10.5 Å². The summed E-state index contributed by atoms with van der Waals surface area (Å²) in [5.41, 5.74) is 0.134. The van der Waals surface area contributed by atoms with E-state index in [4.69, 9.17) is 0 Å². The minimum atomic E-state index is -0.697. The van der Waals surface area contributed by atoms with Crippen LogP contribution in [0.15, 0.2) is 24.4 Å². The number of nitrogens with zero attached hydrogens (tertiary/aromatic N) is 2. The van der Waals surface area contributed by atoms with E-state index in [-0.39, 0.29) is 5.69 Å². The summed E-state index contributed by atoms with van der Waals surface area (Å²) in [6.07, 6.45) is 1.42. The van der Waals surface area contributed by atoms with Crippen molar-refractivity contribution in [1.82, 2.24) is 4.98 Å². The van der Waals surface area contributed by atoms with Crippen LogP contribution in [-0.2, 0) is 0 Å². The highest BCUT2D eigenvalue weighted by molar-refractivity contribution is 5.94. The molecule has 0 radical (unpaired) electrons. The summed E-state index contributed by atoms with van der Waals surface area (Å²) in [4.78, 5) is 23.9. The van der Waals surface area contributed by atoms with Crippen LogP contribution >= 0.6 is 0 Å². The second-order valence-electron chi connectivity index (χ2n) is 2.13. The molecule has 0 aliphatic carbocycles. The van der Waals surface area contributed by atoms with Gasteiger partial charge >= 0.3 is 0 Å². The minimum absolute atomic E-state index is 0.134. The maximum atomic E-state index is 11.0. The molecular weight excluding hydrogens is 160 g/mol. The number of carbonyl (C=O) groups excluding carboxylic acids is 1. The molecule has 62 valence electrons. The largest absolute Gasteiger partial charge is 0.285 e. The molecule has 0 spiro atoms. The summed E-state index contributed by atoms with van der Waals surface area (Å²) in [5.74, 6) is -0.569. The predicted octanol–water partition coefficient (Wildman–Crippen LogP) is 0.541. The highest BCUT2D eigenvalue weighted by atomic mass is 16.6. The highest BCUT2D eigenvalue weighted by Gasteiger charge is 2.12. The van der Waals surface area contributed by atoms with Crippen molar-refractivity contribution in [1.29, 1.82) is 0 Å². The Morgan fingerprint density at radius 1 is 1.58 bits per heavy atom. The first-order valence-electron chi connectivity index (χ1n) is 3.26. The number of Topliss-reactive ketones (excluding diaryl/α,β-unsaturated/α-hetero) is 1. The summed E-state index contributed by atoms with van der Waals surface area (Å²) >= 11 is 0. The molecule has 0 aliphatic heterocycles. The first-order valence-corrected chi connectivity index (χ1v) is 3.26. The molecule has 0 atom stereocenters. The van der Waals surface area contributed by atoms with E-state index in [9.17, 15) is 14.9 Å². The maximum Gasteiger partial charge on any atom is 0.267 e. The van der Waals surface area contributed by atoms with Crippen LogP contribution in [0.25, 0.3) is 0 Å². The zero-order valence-corrected chi connectivity index (χ0v) is 6.14. The molecule has 0 aliphatic rings. The molecule has 0 unspecified atom stereocenters.